The Morgan fingerprint density at radius 3 is 2.45 bits per heavy atom. The molecule has 3 aromatic carbocycles. The van der Waals surface area contributed by atoms with Gasteiger partial charge in [0.2, 0.25) is 0 Å². The number of hydrogen-bond donors (Lipinski definition) is 1. The number of rotatable bonds is 4. The highest BCUT2D eigenvalue weighted by Crippen LogP contribution is 2.39. The van der Waals surface area contributed by atoms with Gasteiger partial charge in [0.05, 0.1) is 11.0 Å². The van der Waals surface area contributed by atoms with Gasteiger partial charge in [-0.1, -0.05) is 60.7 Å². The Balaban J connectivity index is 1.61. The Kier molecular flexibility index (Phi) is 4.37. The topological polar surface area (TPSA) is 62.2 Å². The van der Waals surface area contributed by atoms with Crippen molar-refractivity contribution in [2.24, 2.45) is 0 Å². The van der Waals surface area contributed by atoms with Crippen LogP contribution in [0, 0.1) is 10.1 Å². The highest BCUT2D eigenvalue weighted by molar-refractivity contribution is 5.85. The van der Waals surface area contributed by atoms with Gasteiger partial charge in [-0.25, -0.2) is 0 Å². The molecule has 1 atom stereocenters. The van der Waals surface area contributed by atoms with Crippen LogP contribution in [-0.2, 0) is 13.0 Å². The van der Waals surface area contributed by atoms with Crippen molar-refractivity contribution in [3.8, 4) is 0 Å². The van der Waals surface area contributed by atoms with Crippen LogP contribution in [0.4, 0.5) is 5.69 Å². The zero-order valence-corrected chi connectivity index (χ0v) is 15.9. The molecule has 5 nitrogen and oxygen atoms in total. The maximum atomic E-state index is 11.1. The number of aromatic amines is 1. The van der Waals surface area contributed by atoms with E-state index >= 15 is 0 Å². The summed E-state index contributed by atoms with van der Waals surface area (Å²) in [5, 5.41) is 12.4. The van der Waals surface area contributed by atoms with Gasteiger partial charge < -0.3 is 4.98 Å². The fourth-order valence-corrected chi connectivity index (χ4v) is 4.43. The standard InChI is InChI=1S/C24H21N3O2/c28-27(29)19-12-10-18(11-13-19)24-23-21(20-8-4-5-9-22(20)25-23)14-15-26(24)16-17-6-2-1-3-7-17/h1-13,24-25H,14-16H2. The summed E-state index contributed by atoms with van der Waals surface area (Å²) >= 11 is 0. The van der Waals surface area contributed by atoms with E-state index in [1.54, 1.807) is 12.1 Å². The predicted octanol–water partition coefficient (Wildman–Crippen LogP) is 5.22. The summed E-state index contributed by atoms with van der Waals surface area (Å²) in [5.74, 6) is 0. The molecule has 0 bridgehead atoms. The van der Waals surface area contributed by atoms with E-state index in [2.05, 4.69) is 52.3 Å². The third-order valence-corrected chi connectivity index (χ3v) is 5.78. The molecular weight excluding hydrogens is 362 g/mol. The second kappa shape index (κ2) is 7.18. The molecule has 5 rings (SSSR count). The zero-order chi connectivity index (χ0) is 19.8. The number of non-ortho nitro benzene ring substituents is 1. The number of para-hydroxylation sites is 1. The van der Waals surface area contributed by atoms with Crippen LogP contribution in [0.1, 0.15) is 28.4 Å². The molecule has 0 saturated heterocycles. The van der Waals surface area contributed by atoms with Crippen LogP contribution in [0.25, 0.3) is 10.9 Å². The normalized spacial score (nSPS) is 16.6. The second-order valence-electron chi connectivity index (χ2n) is 7.52. The van der Waals surface area contributed by atoms with Crippen molar-refractivity contribution in [1.29, 1.82) is 0 Å². The Morgan fingerprint density at radius 1 is 0.966 bits per heavy atom. The number of H-pyrrole nitrogens is 1. The first-order valence-electron chi connectivity index (χ1n) is 9.82. The molecule has 0 spiro atoms. The summed E-state index contributed by atoms with van der Waals surface area (Å²) in [6.45, 7) is 1.77. The quantitative estimate of drug-likeness (QED) is 0.388. The predicted molar refractivity (Wildman–Crippen MR) is 114 cm³/mol. The number of nitrogens with one attached hydrogen (secondary N) is 1. The summed E-state index contributed by atoms with van der Waals surface area (Å²) in [6.07, 6.45) is 0.982. The number of fused-ring (bicyclic) bond motifs is 3. The molecule has 1 N–H and O–H groups in total. The number of nitro groups is 1. The van der Waals surface area contributed by atoms with Gasteiger partial charge in [-0.3, -0.25) is 15.0 Å². The average molecular weight is 383 g/mol. The van der Waals surface area contributed by atoms with E-state index in [4.69, 9.17) is 0 Å². The Bertz CT molecular complexity index is 1170. The molecule has 5 heteroatoms. The summed E-state index contributed by atoms with van der Waals surface area (Å²) < 4.78 is 0. The van der Waals surface area contributed by atoms with Crippen molar-refractivity contribution in [3.05, 3.63) is 111 Å². The minimum Gasteiger partial charge on any atom is -0.357 e. The zero-order valence-electron chi connectivity index (χ0n) is 15.9. The fraction of sp³-hybridized carbons (Fsp3) is 0.167. The number of nitrogens with zero attached hydrogens (tertiary/aromatic N) is 2. The van der Waals surface area contributed by atoms with Crippen LogP contribution in [0.15, 0.2) is 78.9 Å². The first kappa shape index (κ1) is 17.6. The monoisotopic (exact) mass is 383 g/mol. The average Bonchev–Trinajstić information content (AvgIpc) is 3.13. The van der Waals surface area contributed by atoms with Crippen molar-refractivity contribution in [1.82, 2.24) is 9.88 Å². The summed E-state index contributed by atoms with van der Waals surface area (Å²) in [7, 11) is 0. The molecule has 1 aliphatic heterocycles. The summed E-state index contributed by atoms with van der Waals surface area (Å²) in [6, 6.07) is 25.9. The van der Waals surface area contributed by atoms with Crippen LogP contribution >= 0.6 is 0 Å². The number of hydrogen-bond acceptors (Lipinski definition) is 3. The van der Waals surface area contributed by atoms with Gasteiger partial charge in [0, 0.05) is 41.8 Å². The fourth-order valence-electron chi connectivity index (χ4n) is 4.43. The van der Waals surface area contributed by atoms with Crippen LogP contribution in [-0.4, -0.2) is 21.4 Å². The first-order valence-corrected chi connectivity index (χ1v) is 9.82. The van der Waals surface area contributed by atoms with E-state index in [1.165, 1.54) is 22.2 Å². The van der Waals surface area contributed by atoms with Crippen LogP contribution < -0.4 is 0 Å². The van der Waals surface area contributed by atoms with Gasteiger partial charge in [0.1, 0.15) is 0 Å². The molecule has 29 heavy (non-hydrogen) atoms. The molecule has 0 aliphatic carbocycles. The van der Waals surface area contributed by atoms with E-state index < -0.39 is 0 Å². The Labute approximate surface area is 168 Å². The Morgan fingerprint density at radius 2 is 1.69 bits per heavy atom. The minimum absolute atomic E-state index is 0.0344. The lowest BCUT2D eigenvalue weighted by Gasteiger charge is -2.36. The molecule has 0 radical (unpaired) electrons. The van der Waals surface area contributed by atoms with Gasteiger partial charge in [0.15, 0.2) is 0 Å². The highest BCUT2D eigenvalue weighted by atomic mass is 16.6. The molecule has 0 fully saturated rings. The van der Waals surface area contributed by atoms with Gasteiger partial charge in [-0.15, -0.1) is 0 Å². The van der Waals surface area contributed by atoms with Crippen LogP contribution in [0.5, 0.6) is 0 Å². The molecule has 144 valence electrons. The van der Waals surface area contributed by atoms with Gasteiger partial charge >= 0.3 is 0 Å². The number of nitro benzene ring substituents is 1. The SMILES string of the molecule is O=[N+]([O-])c1ccc(C2c3[nH]c4ccccc4c3CCN2Cc2ccccc2)cc1. The minimum atomic E-state index is -0.346. The van der Waals surface area contributed by atoms with E-state index in [0.717, 1.165) is 30.6 Å². The van der Waals surface area contributed by atoms with Crippen molar-refractivity contribution >= 4 is 16.6 Å². The van der Waals surface area contributed by atoms with E-state index in [0.29, 0.717) is 0 Å². The van der Waals surface area contributed by atoms with E-state index in [-0.39, 0.29) is 16.7 Å². The van der Waals surface area contributed by atoms with E-state index in [1.807, 2.05) is 24.3 Å². The molecule has 2 heterocycles. The van der Waals surface area contributed by atoms with Gasteiger partial charge in [0.25, 0.3) is 5.69 Å². The Hall–Kier alpha value is -3.44. The molecular formula is C24H21N3O2. The number of aromatic nitrogens is 1. The third kappa shape index (κ3) is 3.19. The molecule has 1 aromatic heterocycles. The third-order valence-electron chi connectivity index (χ3n) is 5.78. The maximum absolute atomic E-state index is 11.1. The van der Waals surface area contributed by atoms with E-state index in [9.17, 15) is 10.1 Å². The molecule has 1 unspecified atom stereocenters. The largest absolute Gasteiger partial charge is 0.357 e. The van der Waals surface area contributed by atoms with Crippen LogP contribution in [0.3, 0.4) is 0 Å². The van der Waals surface area contributed by atoms with Crippen molar-refractivity contribution < 1.29 is 4.92 Å². The van der Waals surface area contributed by atoms with Gasteiger partial charge in [-0.2, -0.15) is 0 Å². The molecule has 0 amide bonds. The lowest BCUT2D eigenvalue weighted by atomic mass is 9.92. The smallest absolute Gasteiger partial charge is 0.269 e. The summed E-state index contributed by atoms with van der Waals surface area (Å²) in [4.78, 5) is 16.8. The van der Waals surface area contributed by atoms with Gasteiger partial charge in [-0.05, 0) is 29.2 Å². The number of benzene rings is 3. The van der Waals surface area contributed by atoms with Crippen molar-refractivity contribution in [2.45, 2.75) is 19.0 Å². The highest BCUT2D eigenvalue weighted by Gasteiger charge is 2.31. The van der Waals surface area contributed by atoms with Crippen molar-refractivity contribution in [2.75, 3.05) is 6.54 Å². The summed E-state index contributed by atoms with van der Waals surface area (Å²) in [5.41, 5.74) is 6.15. The molecule has 1 aliphatic rings. The lowest BCUT2D eigenvalue weighted by molar-refractivity contribution is -0.384. The second-order valence-corrected chi connectivity index (χ2v) is 7.52. The lowest BCUT2D eigenvalue weighted by Crippen LogP contribution is -2.35. The molecule has 4 aromatic rings. The van der Waals surface area contributed by atoms with Crippen LogP contribution in [0.2, 0.25) is 0 Å². The molecule has 0 saturated carbocycles. The first-order chi connectivity index (χ1) is 14.2. The van der Waals surface area contributed by atoms with Crippen molar-refractivity contribution in [3.63, 3.8) is 0 Å². The maximum Gasteiger partial charge on any atom is 0.269 e.